The molecule has 0 atom stereocenters. The topological polar surface area (TPSA) is 114 Å². The predicted octanol–water partition coefficient (Wildman–Crippen LogP) is 3.77. The molecule has 3 N–H and O–H groups in total. The summed E-state index contributed by atoms with van der Waals surface area (Å²) in [5, 5.41) is 1.02. The molecule has 2 amide bonds. The van der Waals surface area contributed by atoms with Gasteiger partial charge in [0.2, 0.25) is 5.91 Å². The van der Waals surface area contributed by atoms with E-state index in [-0.39, 0.29) is 12.1 Å². The number of nitrogens with two attached hydrogens (primary N) is 1. The van der Waals surface area contributed by atoms with Gasteiger partial charge in [-0.25, -0.2) is 4.72 Å². The van der Waals surface area contributed by atoms with Gasteiger partial charge in [-0.3, -0.25) is 9.59 Å². The number of amides is 2. The highest BCUT2D eigenvalue weighted by atomic mass is 32.2. The molecule has 0 saturated heterocycles. The maximum Gasteiger partial charge on any atom is 0.303 e. The zero-order valence-electron chi connectivity index (χ0n) is 20.5. The molecule has 0 radical (unpaired) electrons. The molecule has 1 fully saturated rings. The fourth-order valence-corrected chi connectivity index (χ4v) is 5.97. The minimum absolute atomic E-state index is 0.227. The Morgan fingerprint density at radius 3 is 2.47 bits per heavy atom. The largest absolute Gasteiger partial charge is 0.366 e. The Balaban J connectivity index is 1.75. The Morgan fingerprint density at radius 2 is 1.78 bits per heavy atom. The lowest BCUT2D eigenvalue weighted by Gasteiger charge is -2.24. The summed E-state index contributed by atoms with van der Waals surface area (Å²) in [6.07, 6.45) is 7.54. The van der Waals surface area contributed by atoms with E-state index in [9.17, 15) is 18.0 Å². The first-order valence-electron chi connectivity index (χ1n) is 12.2. The lowest BCUT2D eigenvalue weighted by Crippen LogP contribution is -2.39. The average Bonchev–Trinajstić information content (AvgIpc) is 3.06. The molecular weight excluding hydrogens is 476 g/mol. The van der Waals surface area contributed by atoms with Crippen molar-refractivity contribution in [3.63, 3.8) is 0 Å². The van der Waals surface area contributed by atoms with Crippen molar-refractivity contribution in [1.29, 1.82) is 0 Å². The SMILES string of the molecule is CN(C)S(=O)(=O)NC(=O)c1ccc2c(C3CCCCC3)c3n(c2c1)CC(C(N)=O)=Cc1ccccc1-3. The summed E-state index contributed by atoms with van der Waals surface area (Å²) in [6, 6.07) is 13.3. The van der Waals surface area contributed by atoms with Crippen LogP contribution in [0.2, 0.25) is 0 Å². The molecule has 9 heteroatoms. The number of carbonyl (C=O) groups is 2. The standard InChI is InChI=1S/C27H30N4O4S/c1-30(2)36(34,35)29-27(33)19-12-13-22-23(15-19)31-16-20(26(28)32)14-18-10-6-7-11-21(18)25(31)24(22)17-8-4-3-5-9-17/h6-7,10-15,17H,3-5,8-9,16H2,1-2H3,(H2,28,32)(H,29,33). The van der Waals surface area contributed by atoms with Crippen LogP contribution in [0.15, 0.2) is 48.0 Å². The number of benzene rings is 2. The van der Waals surface area contributed by atoms with Gasteiger partial charge in [-0.2, -0.15) is 12.7 Å². The van der Waals surface area contributed by atoms with Gasteiger partial charge in [0, 0.05) is 41.7 Å². The van der Waals surface area contributed by atoms with Crippen molar-refractivity contribution in [2.24, 2.45) is 5.73 Å². The third-order valence-corrected chi connectivity index (χ3v) is 8.68. The molecular formula is C27H30N4O4S. The number of carbonyl (C=O) groups excluding carboxylic acids is 2. The zero-order valence-corrected chi connectivity index (χ0v) is 21.3. The fraction of sp³-hybridized carbons (Fsp3) is 0.333. The number of aromatic nitrogens is 1. The maximum absolute atomic E-state index is 12.9. The van der Waals surface area contributed by atoms with E-state index in [2.05, 4.69) is 15.4 Å². The van der Waals surface area contributed by atoms with Crippen LogP contribution in [-0.2, 0) is 21.5 Å². The number of fused-ring (bicyclic) bond motifs is 5. The second-order valence-electron chi connectivity index (χ2n) is 9.75. The van der Waals surface area contributed by atoms with Crippen LogP contribution >= 0.6 is 0 Å². The molecule has 0 unspecified atom stereocenters. The van der Waals surface area contributed by atoms with E-state index in [1.54, 1.807) is 12.1 Å². The van der Waals surface area contributed by atoms with Gasteiger partial charge >= 0.3 is 10.2 Å². The predicted molar refractivity (Wildman–Crippen MR) is 140 cm³/mol. The Bertz CT molecular complexity index is 1510. The first-order chi connectivity index (χ1) is 17.2. The van der Waals surface area contributed by atoms with E-state index >= 15 is 0 Å². The number of hydrogen-bond acceptors (Lipinski definition) is 4. The number of nitrogens with zero attached hydrogens (tertiary/aromatic N) is 2. The van der Waals surface area contributed by atoms with Gasteiger partial charge in [0.1, 0.15) is 0 Å². The summed E-state index contributed by atoms with van der Waals surface area (Å²) < 4.78 is 29.6. The Morgan fingerprint density at radius 1 is 1.06 bits per heavy atom. The minimum atomic E-state index is -3.94. The van der Waals surface area contributed by atoms with Crippen LogP contribution in [0, 0.1) is 0 Å². The van der Waals surface area contributed by atoms with E-state index in [4.69, 9.17) is 5.73 Å². The van der Waals surface area contributed by atoms with Gasteiger partial charge in [-0.15, -0.1) is 0 Å². The molecule has 5 rings (SSSR count). The third-order valence-electron chi connectivity index (χ3n) is 7.27. The number of primary amides is 1. The van der Waals surface area contributed by atoms with Crippen LogP contribution in [0.3, 0.4) is 0 Å². The number of hydrogen-bond donors (Lipinski definition) is 2. The van der Waals surface area contributed by atoms with Crippen molar-refractivity contribution in [2.45, 2.75) is 44.6 Å². The van der Waals surface area contributed by atoms with Crippen LogP contribution in [0.4, 0.5) is 0 Å². The van der Waals surface area contributed by atoms with Crippen LogP contribution in [0.5, 0.6) is 0 Å². The first-order valence-corrected chi connectivity index (χ1v) is 13.6. The molecule has 1 aromatic heterocycles. The molecule has 1 aliphatic heterocycles. The lowest BCUT2D eigenvalue weighted by molar-refractivity contribution is -0.114. The summed E-state index contributed by atoms with van der Waals surface area (Å²) in [7, 11) is -1.22. The van der Waals surface area contributed by atoms with Gasteiger partial charge in [-0.1, -0.05) is 49.6 Å². The summed E-state index contributed by atoms with van der Waals surface area (Å²) in [6.45, 7) is 0.267. The van der Waals surface area contributed by atoms with Gasteiger partial charge in [0.15, 0.2) is 0 Å². The number of nitrogens with one attached hydrogen (secondary N) is 1. The van der Waals surface area contributed by atoms with Gasteiger partial charge < -0.3 is 10.3 Å². The number of rotatable bonds is 5. The Hall–Kier alpha value is -3.43. The molecule has 2 aromatic carbocycles. The monoisotopic (exact) mass is 506 g/mol. The van der Waals surface area contributed by atoms with Crippen LogP contribution in [0.1, 0.15) is 59.5 Å². The van der Waals surface area contributed by atoms with Crippen LogP contribution in [-0.4, -0.2) is 43.2 Å². The van der Waals surface area contributed by atoms with Crippen molar-refractivity contribution in [1.82, 2.24) is 13.6 Å². The molecule has 1 aliphatic carbocycles. The quantitative estimate of drug-likeness (QED) is 0.548. The Labute approximate surface area is 211 Å². The smallest absolute Gasteiger partial charge is 0.303 e. The average molecular weight is 507 g/mol. The zero-order chi connectivity index (χ0) is 25.6. The molecule has 188 valence electrons. The lowest BCUT2D eigenvalue weighted by atomic mass is 9.81. The molecule has 0 bridgehead atoms. The van der Waals surface area contributed by atoms with Crippen molar-refractivity contribution in [2.75, 3.05) is 14.1 Å². The first kappa shape index (κ1) is 24.3. The summed E-state index contributed by atoms with van der Waals surface area (Å²) in [5.74, 6) is -0.848. The summed E-state index contributed by atoms with van der Waals surface area (Å²) in [4.78, 5) is 25.3. The summed E-state index contributed by atoms with van der Waals surface area (Å²) in [5.41, 5.74) is 11.5. The van der Waals surface area contributed by atoms with Crippen molar-refractivity contribution in [3.8, 4) is 11.3 Å². The maximum atomic E-state index is 12.9. The highest BCUT2D eigenvalue weighted by Crippen LogP contribution is 2.46. The van der Waals surface area contributed by atoms with Crippen molar-refractivity contribution >= 4 is 39.0 Å². The van der Waals surface area contributed by atoms with E-state index in [0.29, 0.717) is 11.5 Å². The molecule has 0 spiro atoms. The van der Waals surface area contributed by atoms with Crippen LogP contribution in [0.25, 0.3) is 28.2 Å². The molecule has 2 aliphatic rings. The molecule has 8 nitrogen and oxygen atoms in total. The second kappa shape index (κ2) is 9.22. The third kappa shape index (κ3) is 4.22. The highest BCUT2D eigenvalue weighted by molar-refractivity contribution is 7.87. The fourth-order valence-electron chi connectivity index (χ4n) is 5.44. The highest BCUT2D eigenvalue weighted by Gasteiger charge is 2.30. The molecule has 1 saturated carbocycles. The molecule has 2 heterocycles. The molecule has 3 aromatic rings. The molecule has 36 heavy (non-hydrogen) atoms. The normalized spacial score (nSPS) is 16.2. The van der Waals surface area contributed by atoms with Crippen molar-refractivity contribution < 1.29 is 18.0 Å². The van der Waals surface area contributed by atoms with E-state index in [1.807, 2.05) is 30.3 Å². The van der Waals surface area contributed by atoms with Gasteiger partial charge in [0.05, 0.1) is 12.2 Å². The van der Waals surface area contributed by atoms with Gasteiger partial charge in [0.25, 0.3) is 5.91 Å². The van der Waals surface area contributed by atoms with Gasteiger partial charge in [-0.05, 0) is 48.1 Å². The second-order valence-corrected chi connectivity index (χ2v) is 11.6. The van der Waals surface area contributed by atoms with Crippen LogP contribution < -0.4 is 10.5 Å². The Kier molecular flexibility index (Phi) is 6.22. The summed E-state index contributed by atoms with van der Waals surface area (Å²) >= 11 is 0. The minimum Gasteiger partial charge on any atom is -0.366 e. The van der Waals surface area contributed by atoms with E-state index in [1.165, 1.54) is 26.1 Å². The van der Waals surface area contributed by atoms with E-state index in [0.717, 1.165) is 57.7 Å². The van der Waals surface area contributed by atoms with Crippen molar-refractivity contribution in [3.05, 3.63) is 64.7 Å². The van der Waals surface area contributed by atoms with E-state index < -0.39 is 22.0 Å².